The number of aryl methyl sites for hydroxylation is 1. The average Bonchev–Trinajstić information content (AvgIpc) is 2.98. The van der Waals surface area contributed by atoms with Crippen LogP contribution in [0, 0.1) is 6.92 Å². The smallest absolute Gasteiger partial charge is 0.261 e. The second-order valence-corrected chi connectivity index (χ2v) is 4.88. The molecule has 2 aromatic rings. The molecule has 0 spiro atoms. The van der Waals surface area contributed by atoms with E-state index in [1.165, 1.54) is 27.5 Å². The highest BCUT2D eigenvalue weighted by Crippen LogP contribution is 2.37. The molecule has 0 aliphatic rings. The molecule has 24 heavy (non-hydrogen) atoms. The first-order chi connectivity index (χ1) is 11.6. The SMILES string of the molecule is COc1cc(/C=N\NC(=O)Cn2nccc2C)cc(OC)c1OC. The Morgan fingerprint density at radius 3 is 2.42 bits per heavy atom. The Bertz CT molecular complexity index is 714. The number of hydrogen-bond donors (Lipinski definition) is 1. The minimum Gasteiger partial charge on any atom is -0.493 e. The van der Waals surface area contributed by atoms with Crippen LogP contribution in [-0.2, 0) is 11.3 Å². The lowest BCUT2D eigenvalue weighted by Crippen LogP contribution is -2.24. The maximum absolute atomic E-state index is 11.8. The molecule has 128 valence electrons. The predicted octanol–water partition coefficient (Wildman–Crippen LogP) is 1.37. The quantitative estimate of drug-likeness (QED) is 0.611. The number of carbonyl (C=O) groups is 1. The number of nitrogens with zero attached hydrogens (tertiary/aromatic N) is 3. The zero-order valence-corrected chi connectivity index (χ0v) is 14.1. The molecule has 1 amide bonds. The fourth-order valence-corrected chi connectivity index (χ4v) is 2.09. The van der Waals surface area contributed by atoms with Crippen LogP contribution in [0.5, 0.6) is 17.2 Å². The van der Waals surface area contributed by atoms with Gasteiger partial charge in [0.2, 0.25) is 5.75 Å². The fourth-order valence-electron chi connectivity index (χ4n) is 2.09. The van der Waals surface area contributed by atoms with Crippen LogP contribution in [0.25, 0.3) is 0 Å². The van der Waals surface area contributed by atoms with E-state index in [9.17, 15) is 4.79 Å². The van der Waals surface area contributed by atoms with Gasteiger partial charge < -0.3 is 14.2 Å². The summed E-state index contributed by atoms with van der Waals surface area (Å²) in [6.45, 7) is 1.98. The van der Waals surface area contributed by atoms with E-state index in [0.717, 1.165) is 5.69 Å². The average molecular weight is 332 g/mol. The first-order valence-electron chi connectivity index (χ1n) is 7.19. The molecular formula is C16H20N4O4. The summed E-state index contributed by atoms with van der Waals surface area (Å²) in [5.74, 6) is 1.24. The second kappa shape index (κ2) is 8.00. The van der Waals surface area contributed by atoms with Crippen molar-refractivity contribution in [2.24, 2.45) is 5.10 Å². The highest BCUT2D eigenvalue weighted by Gasteiger charge is 2.12. The van der Waals surface area contributed by atoms with Crippen LogP contribution in [0.15, 0.2) is 29.5 Å². The van der Waals surface area contributed by atoms with Crippen molar-refractivity contribution >= 4 is 12.1 Å². The number of methoxy groups -OCH3 is 3. The van der Waals surface area contributed by atoms with Crippen LogP contribution in [0.3, 0.4) is 0 Å². The van der Waals surface area contributed by atoms with Gasteiger partial charge in [0.1, 0.15) is 6.54 Å². The molecule has 0 saturated heterocycles. The van der Waals surface area contributed by atoms with Gasteiger partial charge in [-0.2, -0.15) is 10.2 Å². The summed E-state index contributed by atoms with van der Waals surface area (Å²) >= 11 is 0. The molecule has 0 radical (unpaired) electrons. The van der Waals surface area contributed by atoms with Gasteiger partial charge in [0, 0.05) is 17.5 Å². The summed E-state index contributed by atoms with van der Waals surface area (Å²) in [6, 6.07) is 5.29. The molecule has 8 heteroatoms. The summed E-state index contributed by atoms with van der Waals surface area (Å²) in [7, 11) is 4.60. The number of rotatable bonds is 7. The fraction of sp³-hybridized carbons (Fsp3) is 0.312. The molecule has 0 saturated carbocycles. The van der Waals surface area contributed by atoms with Gasteiger partial charge in [-0.3, -0.25) is 9.48 Å². The standard InChI is InChI=1S/C16H20N4O4/c1-11-5-6-18-20(11)10-15(21)19-17-9-12-7-13(22-2)16(24-4)14(8-12)23-3/h5-9H,10H2,1-4H3,(H,19,21)/b17-9-. The van der Waals surface area contributed by atoms with E-state index in [1.54, 1.807) is 23.0 Å². The van der Waals surface area contributed by atoms with Gasteiger partial charge in [-0.15, -0.1) is 0 Å². The minimum atomic E-state index is -0.273. The molecule has 0 bridgehead atoms. The Hall–Kier alpha value is -3.03. The van der Waals surface area contributed by atoms with Crippen molar-refractivity contribution in [3.8, 4) is 17.2 Å². The summed E-state index contributed by atoms with van der Waals surface area (Å²) in [5.41, 5.74) is 4.05. The Morgan fingerprint density at radius 2 is 1.92 bits per heavy atom. The molecule has 0 atom stereocenters. The lowest BCUT2D eigenvalue weighted by molar-refractivity contribution is -0.121. The number of hydrogen-bond acceptors (Lipinski definition) is 6. The Labute approximate surface area is 140 Å². The summed E-state index contributed by atoms with van der Waals surface area (Å²) in [4.78, 5) is 11.8. The molecule has 0 fully saturated rings. The third-order valence-electron chi connectivity index (χ3n) is 3.31. The lowest BCUT2D eigenvalue weighted by atomic mass is 10.2. The van der Waals surface area contributed by atoms with Gasteiger partial charge in [-0.25, -0.2) is 5.43 Å². The number of ether oxygens (including phenoxy) is 3. The van der Waals surface area contributed by atoms with Gasteiger partial charge in [0.05, 0.1) is 27.5 Å². The van der Waals surface area contributed by atoms with E-state index in [-0.39, 0.29) is 12.5 Å². The number of carbonyl (C=O) groups excluding carboxylic acids is 1. The minimum absolute atomic E-state index is 0.103. The number of amides is 1. The third-order valence-corrected chi connectivity index (χ3v) is 3.31. The molecule has 2 rings (SSSR count). The van der Waals surface area contributed by atoms with Crippen molar-refractivity contribution in [1.82, 2.24) is 15.2 Å². The first-order valence-corrected chi connectivity index (χ1v) is 7.19. The number of nitrogens with one attached hydrogen (secondary N) is 1. The Kier molecular flexibility index (Phi) is 5.78. The molecule has 8 nitrogen and oxygen atoms in total. The topological polar surface area (TPSA) is 87.0 Å². The third kappa shape index (κ3) is 4.03. The highest BCUT2D eigenvalue weighted by molar-refractivity contribution is 5.84. The van der Waals surface area contributed by atoms with E-state index in [4.69, 9.17) is 14.2 Å². The second-order valence-electron chi connectivity index (χ2n) is 4.88. The molecular weight excluding hydrogens is 312 g/mol. The van der Waals surface area contributed by atoms with Crippen LogP contribution in [0.1, 0.15) is 11.3 Å². The van der Waals surface area contributed by atoms with Gasteiger partial charge in [-0.05, 0) is 25.1 Å². The molecule has 1 aromatic carbocycles. The largest absolute Gasteiger partial charge is 0.493 e. The van der Waals surface area contributed by atoms with Crippen molar-refractivity contribution < 1.29 is 19.0 Å². The zero-order valence-electron chi connectivity index (χ0n) is 14.1. The van der Waals surface area contributed by atoms with Gasteiger partial charge in [0.15, 0.2) is 11.5 Å². The Balaban J connectivity index is 2.06. The van der Waals surface area contributed by atoms with E-state index in [0.29, 0.717) is 22.8 Å². The molecule has 0 unspecified atom stereocenters. The van der Waals surface area contributed by atoms with E-state index in [2.05, 4.69) is 15.6 Å². The van der Waals surface area contributed by atoms with Crippen molar-refractivity contribution in [3.63, 3.8) is 0 Å². The van der Waals surface area contributed by atoms with E-state index >= 15 is 0 Å². The van der Waals surface area contributed by atoms with E-state index < -0.39 is 0 Å². The molecule has 1 heterocycles. The lowest BCUT2D eigenvalue weighted by Gasteiger charge is -2.12. The molecule has 1 aromatic heterocycles. The van der Waals surface area contributed by atoms with Crippen molar-refractivity contribution in [1.29, 1.82) is 0 Å². The van der Waals surface area contributed by atoms with Crippen LogP contribution in [-0.4, -0.2) is 43.2 Å². The Morgan fingerprint density at radius 1 is 1.25 bits per heavy atom. The summed E-state index contributed by atoms with van der Waals surface area (Å²) < 4.78 is 17.4. The van der Waals surface area contributed by atoms with Crippen molar-refractivity contribution in [2.45, 2.75) is 13.5 Å². The first kappa shape index (κ1) is 17.3. The van der Waals surface area contributed by atoms with Crippen molar-refractivity contribution in [3.05, 3.63) is 35.7 Å². The number of hydrazone groups is 1. The maximum Gasteiger partial charge on any atom is 0.261 e. The van der Waals surface area contributed by atoms with Crippen molar-refractivity contribution in [2.75, 3.05) is 21.3 Å². The van der Waals surface area contributed by atoms with Crippen LogP contribution >= 0.6 is 0 Å². The van der Waals surface area contributed by atoms with Gasteiger partial charge in [0.25, 0.3) is 5.91 Å². The number of benzene rings is 1. The molecule has 0 aliphatic heterocycles. The monoisotopic (exact) mass is 332 g/mol. The van der Waals surface area contributed by atoms with Gasteiger partial charge >= 0.3 is 0 Å². The van der Waals surface area contributed by atoms with Crippen LogP contribution in [0.2, 0.25) is 0 Å². The normalized spacial score (nSPS) is 10.7. The zero-order chi connectivity index (χ0) is 17.5. The summed E-state index contributed by atoms with van der Waals surface area (Å²) in [5, 5.41) is 7.98. The molecule has 1 N–H and O–H groups in total. The summed E-state index contributed by atoms with van der Waals surface area (Å²) in [6.07, 6.45) is 3.14. The van der Waals surface area contributed by atoms with Crippen LogP contribution in [0.4, 0.5) is 0 Å². The maximum atomic E-state index is 11.8. The van der Waals surface area contributed by atoms with E-state index in [1.807, 2.05) is 13.0 Å². The number of aromatic nitrogens is 2. The van der Waals surface area contributed by atoms with Gasteiger partial charge in [-0.1, -0.05) is 0 Å². The predicted molar refractivity (Wildman–Crippen MR) is 88.8 cm³/mol. The highest BCUT2D eigenvalue weighted by atomic mass is 16.5. The molecule has 0 aliphatic carbocycles. The van der Waals surface area contributed by atoms with Crippen LogP contribution < -0.4 is 19.6 Å².